The van der Waals surface area contributed by atoms with Crippen LogP contribution in [0.25, 0.3) is 0 Å². The third kappa shape index (κ3) is 2.60. The highest BCUT2D eigenvalue weighted by molar-refractivity contribution is 5.83. The number of hydrogen-bond acceptors (Lipinski definition) is 3. The summed E-state index contributed by atoms with van der Waals surface area (Å²) < 4.78 is 0. The number of nitrogens with zero attached hydrogens (tertiary/aromatic N) is 1. The molecule has 0 spiro atoms. The maximum absolute atomic E-state index is 12.1. The van der Waals surface area contributed by atoms with Crippen LogP contribution in [-0.2, 0) is 9.59 Å². The molecular formula is C12H20N2O3. The van der Waals surface area contributed by atoms with E-state index < -0.39 is 17.9 Å². The number of nitrogens with two attached hydrogens (primary N) is 1. The lowest BCUT2D eigenvalue weighted by molar-refractivity contribution is -0.143. The van der Waals surface area contributed by atoms with E-state index in [0.29, 0.717) is 18.9 Å². The Balaban J connectivity index is 1.93. The molecule has 2 rings (SSSR count). The third-order valence-corrected chi connectivity index (χ3v) is 3.96. The van der Waals surface area contributed by atoms with Crippen LogP contribution in [0.4, 0.5) is 0 Å². The lowest BCUT2D eigenvalue weighted by Gasteiger charge is -2.26. The SMILES string of the molecule is CC1C(C(=O)O)CCN1C(=O)[C@@H](N)CC1CC1. The molecule has 0 radical (unpaired) electrons. The number of rotatable bonds is 4. The van der Waals surface area contributed by atoms with Gasteiger partial charge in [0.05, 0.1) is 12.0 Å². The smallest absolute Gasteiger partial charge is 0.308 e. The first kappa shape index (κ1) is 12.4. The summed E-state index contributed by atoms with van der Waals surface area (Å²) in [5.41, 5.74) is 5.88. The van der Waals surface area contributed by atoms with Crippen molar-refractivity contribution in [3.05, 3.63) is 0 Å². The Labute approximate surface area is 101 Å². The van der Waals surface area contributed by atoms with Gasteiger partial charge in [0.2, 0.25) is 5.91 Å². The number of carboxylic acids is 1. The van der Waals surface area contributed by atoms with E-state index in [9.17, 15) is 9.59 Å². The summed E-state index contributed by atoms with van der Waals surface area (Å²) in [6.07, 6.45) is 3.64. The zero-order valence-electron chi connectivity index (χ0n) is 10.1. The van der Waals surface area contributed by atoms with Gasteiger partial charge in [-0.3, -0.25) is 9.59 Å². The molecule has 2 unspecified atom stereocenters. The fourth-order valence-electron chi connectivity index (χ4n) is 2.61. The molecule has 0 aromatic carbocycles. The van der Waals surface area contributed by atoms with Crippen molar-refractivity contribution in [2.24, 2.45) is 17.6 Å². The minimum Gasteiger partial charge on any atom is -0.481 e. The van der Waals surface area contributed by atoms with Crippen molar-refractivity contribution in [2.75, 3.05) is 6.54 Å². The van der Waals surface area contributed by atoms with Gasteiger partial charge in [0.1, 0.15) is 0 Å². The highest BCUT2D eigenvalue weighted by atomic mass is 16.4. The van der Waals surface area contributed by atoms with Crippen LogP contribution in [0.1, 0.15) is 32.6 Å². The maximum atomic E-state index is 12.1. The molecule has 3 N–H and O–H groups in total. The Bertz CT molecular complexity index is 328. The Morgan fingerprint density at radius 3 is 2.53 bits per heavy atom. The number of hydrogen-bond donors (Lipinski definition) is 2. The van der Waals surface area contributed by atoms with Crippen molar-refractivity contribution in [1.82, 2.24) is 4.90 Å². The van der Waals surface area contributed by atoms with Gasteiger partial charge in [-0.05, 0) is 25.7 Å². The number of aliphatic carboxylic acids is 1. The normalized spacial score (nSPS) is 30.4. The minimum atomic E-state index is -0.816. The highest BCUT2D eigenvalue weighted by Crippen LogP contribution is 2.34. The van der Waals surface area contributed by atoms with Crippen LogP contribution in [0.15, 0.2) is 0 Å². The predicted molar refractivity (Wildman–Crippen MR) is 62.2 cm³/mol. The van der Waals surface area contributed by atoms with Crippen LogP contribution in [-0.4, -0.2) is 40.5 Å². The van der Waals surface area contributed by atoms with Gasteiger partial charge in [-0.25, -0.2) is 0 Å². The molecule has 0 bridgehead atoms. The molecule has 17 heavy (non-hydrogen) atoms. The monoisotopic (exact) mass is 240 g/mol. The molecule has 1 amide bonds. The topological polar surface area (TPSA) is 83.6 Å². The highest BCUT2D eigenvalue weighted by Gasteiger charge is 2.40. The Morgan fingerprint density at radius 1 is 1.41 bits per heavy atom. The maximum Gasteiger partial charge on any atom is 0.308 e. The third-order valence-electron chi connectivity index (χ3n) is 3.96. The molecule has 1 saturated heterocycles. The Hall–Kier alpha value is -1.10. The molecule has 5 heteroatoms. The van der Waals surface area contributed by atoms with E-state index in [1.807, 2.05) is 0 Å². The number of amides is 1. The molecule has 96 valence electrons. The van der Waals surface area contributed by atoms with Gasteiger partial charge in [-0.1, -0.05) is 12.8 Å². The Kier molecular flexibility index (Phi) is 3.38. The summed E-state index contributed by atoms with van der Waals surface area (Å²) in [6, 6.07) is -0.678. The fourth-order valence-corrected chi connectivity index (χ4v) is 2.61. The van der Waals surface area contributed by atoms with Crippen LogP contribution in [0.3, 0.4) is 0 Å². The Morgan fingerprint density at radius 2 is 2.06 bits per heavy atom. The molecule has 1 saturated carbocycles. The van der Waals surface area contributed by atoms with Gasteiger partial charge in [0, 0.05) is 12.6 Å². The zero-order valence-corrected chi connectivity index (χ0v) is 10.1. The first-order valence-electron chi connectivity index (χ1n) is 6.29. The second kappa shape index (κ2) is 4.64. The number of carbonyl (C=O) groups is 2. The molecule has 0 aromatic rings. The average molecular weight is 240 g/mol. The lowest BCUT2D eigenvalue weighted by Crippen LogP contribution is -2.46. The zero-order chi connectivity index (χ0) is 12.6. The van der Waals surface area contributed by atoms with E-state index in [2.05, 4.69) is 0 Å². The first-order chi connectivity index (χ1) is 8.00. The molecule has 3 atom stereocenters. The second-order valence-electron chi connectivity index (χ2n) is 5.29. The quantitative estimate of drug-likeness (QED) is 0.746. The van der Waals surface area contributed by atoms with Gasteiger partial charge in [0.15, 0.2) is 0 Å². The largest absolute Gasteiger partial charge is 0.481 e. The molecule has 1 aliphatic heterocycles. The van der Waals surface area contributed by atoms with E-state index in [1.165, 1.54) is 12.8 Å². The second-order valence-corrected chi connectivity index (χ2v) is 5.29. The van der Waals surface area contributed by atoms with Crippen LogP contribution in [0.5, 0.6) is 0 Å². The summed E-state index contributed by atoms with van der Waals surface area (Å²) in [5.74, 6) is -0.717. The molecule has 5 nitrogen and oxygen atoms in total. The summed E-state index contributed by atoms with van der Waals surface area (Å²) in [6.45, 7) is 2.32. The van der Waals surface area contributed by atoms with Gasteiger partial charge in [0.25, 0.3) is 0 Å². The van der Waals surface area contributed by atoms with Gasteiger partial charge in [-0.15, -0.1) is 0 Å². The van der Waals surface area contributed by atoms with E-state index in [1.54, 1.807) is 11.8 Å². The molecule has 2 aliphatic rings. The number of carbonyl (C=O) groups excluding carboxylic acids is 1. The summed E-state index contributed by atoms with van der Waals surface area (Å²) in [5, 5.41) is 9.01. The molecule has 1 aliphatic carbocycles. The van der Waals surface area contributed by atoms with Crippen LogP contribution in [0, 0.1) is 11.8 Å². The van der Waals surface area contributed by atoms with Gasteiger partial charge in [-0.2, -0.15) is 0 Å². The fraction of sp³-hybridized carbons (Fsp3) is 0.833. The van der Waals surface area contributed by atoms with Crippen LogP contribution in [0.2, 0.25) is 0 Å². The van der Waals surface area contributed by atoms with E-state index in [0.717, 1.165) is 6.42 Å². The van der Waals surface area contributed by atoms with Crippen LogP contribution >= 0.6 is 0 Å². The summed E-state index contributed by atoms with van der Waals surface area (Å²) in [7, 11) is 0. The lowest BCUT2D eigenvalue weighted by atomic mass is 10.0. The van der Waals surface area contributed by atoms with Crippen molar-refractivity contribution in [3.8, 4) is 0 Å². The minimum absolute atomic E-state index is 0.0758. The number of carboxylic acid groups (broad SMARTS) is 1. The van der Waals surface area contributed by atoms with E-state index in [-0.39, 0.29) is 11.9 Å². The van der Waals surface area contributed by atoms with Crippen LogP contribution < -0.4 is 5.73 Å². The molecular weight excluding hydrogens is 220 g/mol. The molecule has 0 aromatic heterocycles. The van der Waals surface area contributed by atoms with E-state index in [4.69, 9.17) is 10.8 Å². The van der Waals surface area contributed by atoms with Gasteiger partial charge < -0.3 is 15.7 Å². The predicted octanol–water partition coefficient (Wildman–Crippen LogP) is 0.435. The standard InChI is InChI=1S/C12H20N2O3/c1-7-9(12(16)17)4-5-14(7)11(15)10(13)6-8-2-3-8/h7-10H,2-6,13H2,1H3,(H,16,17)/t7?,9?,10-/m0/s1. The summed E-state index contributed by atoms with van der Waals surface area (Å²) >= 11 is 0. The number of likely N-dealkylation sites (tertiary alicyclic amines) is 1. The van der Waals surface area contributed by atoms with Crippen molar-refractivity contribution in [1.29, 1.82) is 0 Å². The first-order valence-corrected chi connectivity index (χ1v) is 6.29. The average Bonchev–Trinajstić information content (AvgIpc) is 2.98. The molecule has 2 fully saturated rings. The summed E-state index contributed by atoms with van der Waals surface area (Å²) in [4.78, 5) is 24.7. The van der Waals surface area contributed by atoms with Crippen molar-refractivity contribution < 1.29 is 14.7 Å². The van der Waals surface area contributed by atoms with Gasteiger partial charge >= 0.3 is 5.97 Å². The van der Waals surface area contributed by atoms with E-state index >= 15 is 0 Å². The van der Waals surface area contributed by atoms with Crippen molar-refractivity contribution >= 4 is 11.9 Å². The van der Waals surface area contributed by atoms with Crippen molar-refractivity contribution in [3.63, 3.8) is 0 Å². The van der Waals surface area contributed by atoms with Crippen molar-refractivity contribution in [2.45, 2.75) is 44.7 Å². The molecule has 1 heterocycles.